The molecule has 7 heteroatoms. The fourth-order valence-corrected chi connectivity index (χ4v) is 2.83. The van der Waals surface area contributed by atoms with Crippen LogP contribution >= 0.6 is 7.82 Å². The number of unbranched alkanes of at least 4 members (excludes halogenated alkanes) is 11. The van der Waals surface area contributed by atoms with Crippen molar-refractivity contribution in [2.45, 2.75) is 96.5 Å². The van der Waals surface area contributed by atoms with E-state index in [4.69, 9.17) is 9.79 Å². The van der Waals surface area contributed by atoms with Crippen molar-refractivity contribution < 1.29 is 27.7 Å². The third-order valence-corrected chi connectivity index (χ3v) is 4.08. The molecular formula is C15H31F2O4P. The van der Waals surface area contributed by atoms with E-state index in [1.807, 2.05) is 0 Å². The zero-order chi connectivity index (χ0) is 16.9. The van der Waals surface area contributed by atoms with Gasteiger partial charge in [0, 0.05) is 6.42 Å². The summed E-state index contributed by atoms with van der Waals surface area (Å²) in [4.78, 5) is 16.7. The van der Waals surface area contributed by atoms with Crippen LogP contribution in [0, 0.1) is 0 Å². The quantitative estimate of drug-likeness (QED) is 0.292. The molecule has 0 atom stereocenters. The maximum Gasteiger partial charge on any atom is 0.474 e. The lowest BCUT2D eigenvalue weighted by molar-refractivity contribution is -0.191. The number of rotatable bonds is 15. The van der Waals surface area contributed by atoms with Crippen molar-refractivity contribution in [2.75, 3.05) is 0 Å². The highest BCUT2D eigenvalue weighted by atomic mass is 31.2. The first-order valence-electron chi connectivity index (χ1n) is 8.41. The number of halogens is 2. The molecule has 22 heavy (non-hydrogen) atoms. The Bertz CT molecular complexity index is 308. The van der Waals surface area contributed by atoms with Crippen molar-refractivity contribution in [3.8, 4) is 0 Å². The summed E-state index contributed by atoms with van der Waals surface area (Å²) in [5, 5.41) is 0. The van der Waals surface area contributed by atoms with E-state index in [9.17, 15) is 13.3 Å². The van der Waals surface area contributed by atoms with Crippen molar-refractivity contribution in [1.82, 2.24) is 0 Å². The van der Waals surface area contributed by atoms with Crippen LogP contribution in [0.4, 0.5) is 8.78 Å². The smallest absolute Gasteiger partial charge is 0.303 e. The summed E-state index contributed by atoms with van der Waals surface area (Å²) in [6, 6.07) is 0. The van der Waals surface area contributed by atoms with Gasteiger partial charge in [0.1, 0.15) is 0 Å². The fourth-order valence-electron chi connectivity index (χ4n) is 2.39. The summed E-state index contributed by atoms with van der Waals surface area (Å²) < 4.78 is 39.8. The normalized spacial score (nSPS) is 12.8. The number of hydrogen-bond donors (Lipinski definition) is 2. The van der Waals surface area contributed by atoms with Crippen LogP contribution in [-0.2, 0) is 9.09 Å². The highest BCUT2D eigenvalue weighted by Gasteiger charge is 2.37. The fraction of sp³-hybridized carbons (Fsp3) is 1.00. The minimum atomic E-state index is -5.12. The van der Waals surface area contributed by atoms with Gasteiger partial charge in [0.05, 0.1) is 0 Å². The van der Waals surface area contributed by atoms with E-state index in [-0.39, 0.29) is 6.42 Å². The Morgan fingerprint density at radius 1 is 0.818 bits per heavy atom. The summed E-state index contributed by atoms with van der Waals surface area (Å²) in [6.45, 7) is 2.20. The average molecular weight is 344 g/mol. The van der Waals surface area contributed by atoms with E-state index < -0.39 is 20.4 Å². The molecule has 0 saturated carbocycles. The molecule has 0 amide bonds. The maximum atomic E-state index is 13.0. The molecule has 0 rings (SSSR count). The first kappa shape index (κ1) is 22.0. The van der Waals surface area contributed by atoms with Crippen LogP contribution in [0.5, 0.6) is 0 Å². The Morgan fingerprint density at radius 2 is 1.18 bits per heavy atom. The van der Waals surface area contributed by atoms with E-state index in [2.05, 4.69) is 11.4 Å². The first-order chi connectivity index (χ1) is 10.3. The standard InChI is InChI=1S/C15H31F2O4P/c1-2-3-4-5-6-7-8-9-10-11-12-13-14-15(16,17)21-22(18,19)20/h2-14H2,1H3,(H2,18,19,20). The lowest BCUT2D eigenvalue weighted by atomic mass is 10.0. The average Bonchev–Trinajstić information content (AvgIpc) is 2.37. The molecule has 0 heterocycles. The zero-order valence-corrected chi connectivity index (χ0v) is 14.5. The van der Waals surface area contributed by atoms with Gasteiger partial charge >= 0.3 is 13.9 Å². The van der Waals surface area contributed by atoms with Gasteiger partial charge in [0.25, 0.3) is 0 Å². The molecule has 0 radical (unpaired) electrons. The molecule has 0 unspecified atom stereocenters. The van der Waals surface area contributed by atoms with Gasteiger partial charge < -0.3 is 9.79 Å². The Kier molecular flexibility index (Phi) is 12.4. The molecule has 0 aromatic carbocycles. The highest BCUT2D eigenvalue weighted by molar-refractivity contribution is 7.46. The van der Waals surface area contributed by atoms with Gasteiger partial charge in [-0.3, -0.25) is 0 Å². The second-order valence-electron chi connectivity index (χ2n) is 5.86. The van der Waals surface area contributed by atoms with Gasteiger partial charge in [-0.25, -0.2) is 9.09 Å². The maximum absolute atomic E-state index is 13.0. The number of phosphoric acid groups is 1. The predicted octanol–water partition coefficient (Wildman–Crippen LogP) is 5.78. The number of phosphoric ester groups is 1. The van der Waals surface area contributed by atoms with E-state index in [0.29, 0.717) is 6.42 Å². The molecular weight excluding hydrogens is 313 g/mol. The van der Waals surface area contributed by atoms with Gasteiger partial charge in [-0.05, 0) is 6.42 Å². The van der Waals surface area contributed by atoms with Crippen LogP contribution in [0.25, 0.3) is 0 Å². The Morgan fingerprint density at radius 3 is 1.55 bits per heavy atom. The van der Waals surface area contributed by atoms with Gasteiger partial charge in [-0.2, -0.15) is 8.78 Å². The second-order valence-corrected chi connectivity index (χ2v) is 7.02. The molecule has 134 valence electrons. The monoisotopic (exact) mass is 344 g/mol. The molecule has 2 N–H and O–H groups in total. The van der Waals surface area contributed by atoms with Gasteiger partial charge in [0.15, 0.2) is 0 Å². The molecule has 0 aliphatic heterocycles. The van der Waals surface area contributed by atoms with Gasteiger partial charge in [-0.1, -0.05) is 77.6 Å². The summed E-state index contributed by atoms with van der Waals surface area (Å²) in [6.07, 6.45) is 8.44. The van der Waals surface area contributed by atoms with Crippen LogP contribution in [0.3, 0.4) is 0 Å². The second kappa shape index (κ2) is 12.4. The molecule has 0 spiro atoms. The topological polar surface area (TPSA) is 66.8 Å². The van der Waals surface area contributed by atoms with Crippen LogP contribution in [0.1, 0.15) is 90.4 Å². The molecule has 0 fully saturated rings. The third kappa shape index (κ3) is 16.3. The molecule has 0 aromatic rings. The van der Waals surface area contributed by atoms with Crippen LogP contribution < -0.4 is 0 Å². The summed E-state index contributed by atoms with van der Waals surface area (Å²) >= 11 is 0. The lowest BCUT2D eigenvalue weighted by Gasteiger charge is -2.16. The highest BCUT2D eigenvalue weighted by Crippen LogP contribution is 2.44. The first-order valence-corrected chi connectivity index (χ1v) is 9.94. The van der Waals surface area contributed by atoms with Crippen LogP contribution in [0.15, 0.2) is 0 Å². The van der Waals surface area contributed by atoms with Gasteiger partial charge in [-0.15, -0.1) is 0 Å². The predicted molar refractivity (Wildman–Crippen MR) is 83.8 cm³/mol. The van der Waals surface area contributed by atoms with Crippen molar-refractivity contribution >= 4 is 7.82 Å². The van der Waals surface area contributed by atoms with Crippen molar-refractivity contribution in [3.05, 3.63) is 0 Å². The van der Waals surface area contributed by atoms with Crippen molar-refractivity contribution in [3.63, 3.8) is 0 Å². The van der Waals surface area contributed by atoms with Gasteiger partial charge in [0.2, 0.25) is 0 Å². The van der Waals surface area contributed by atoms with Crippen LogP contribution in [-0.4, -0.2) is 15.9 Å². The van der Waals surface area contributed by atoms with E-state index in [0.717, 1.165) is 19.3 Å². The Balaban J connectivity index is 3.35. The number of hydrogen-bond acceptors (Lipinski definition) is 2. The van der Waals surface area contributed by atoms with E-state index in [1.165, 1.54) is 44.9 Å². The largest absolute Gasteiger partial charge is 0.474 e. The van der Waals surface area contributed by atoms with Crippen molar-refractivity contribution in [2.24, 2.45) is 0 Å². The van der Waals surface area contributed by atoms with E-state index >= 15 is 0 Å². The lowest BCUT2D eigenvalue weighted by Crippen LogP contribution is -2.18. The van der Waals surface area contributed by atoms with E-state index in [1.54, 1.807) is 0 Å². The molecule has 0 aromatic heterocycles. The van der Waals surface area contributed by atoms with Crippen molar-refractivity contribution in [1.29, 1.82) is 0 Å². The zero-order valence-electron chi connectivity index (χ0n) is 13.6. The SMILES string of the molecule is CCCCCCCCCCCCCCC(F)(F)OP(=O)(O)O. The third-order valence-electron chi connectivity index (χ3n) is 3.57. The summed E-state index contributed by atoms with van der Waals surface area (Å²) in [5.74, 6) is 0. The molecule has 0 aliphatic carbocycles. The summed E-state index contributed by atoms with van der Waals surface area (Å²) in [5.41, 5.74) is 0. The Labute approximate surface area is 132 Å². The summed E-state index contributed by atoms with van der Waals surface area (Å²) in [7, 11) is -5.12. The molecule has 0 aliphatic rings. The minimum Gasteiger partial charge on any atom is -0.303 e. The Hall–Kier alpha value is -0.0300. The molecule has 4 nitrogen and oxygen atoms in total. The molecule has 0 saturated heterocycles. The van der Waals surface area contributed by atoms with Crippen LogP contribution in [0.2, 0.25) is 0 Å². The number of alkyl halides is 2. The minimum absolute atomic E-state index is 0.212. The molecule has 0 bridgehead atoms.